The summed E-state index contributed by atoms with van der Waals surface area (Å²) in [5, 5.41) is 34.2. The number of rotatable bonds is 7. The van der Waals surface area contributed by atoms with Crippen molar-refractivity contribution in [3.63, 3.8) is 0 Å². The lowest BCUT2D eigenvalue weighted by molar-refractivity contribution is -0.805. The first-order valence-corrected chi connectivity index (χ1v) is 6.08. The summed E-state index contributed by atoms with van der Waals surface area (Å²) >= 11 is 0. The van der Waals surface area contributed by atoms with E-state index in [1.165, 1.54) is 26.0 Å². The number of benzene rings is 1. The van der Waals surface area contributed by atoms with E-state index in [0.717, 1.165) is 0 Å². The lowest BCUT2D eigenvalue weighted by Crippen LogP contribution is -2.64. The van der Waals surface area contributed by atoms with E-state index in [-0.39, 0.29) is 5.69 Å². The minimum Gasteiger partial charge on any atom is -0.479 e. The number of carbonyl (C=O) groups is 1. The molecule has 0 aliphatic heterocycles. The van der Waals surface area contributed by atoms with Crippen LogP contribution in [0.5, 0.6) is 0 Å². The van der Waals surface area contributed by atoms with Gasteiger partial charge in [-0.1, -0.05) is 18.2 Å². The van der Waals surface area contributed by atoms with Gasteiger partial charge in [0.2, 0.25) is 0 Å². The van der Waals surface area contributed by atoms with Crippen LogP contribution in [-0.4, -0.2) is 32.6 Å². The van der Waals surface area contributed by atoms with E-state index in [2.05, 4.69) is 5.32 Å². The van der Waals surface area contributed by atoms with Crippen molar-refractivity contribution in [1.82, 2.24) is 0 Å². The molecular weight excluding hydrogens is 282 g/mol. The summed E-state index contributed by atoms with van der Waals surface area (Å²) < 4.78 is 0. The Hall–Kier alpha value is -2.71. The number of carboxylic acids is 1. The molecule has 0 aliphatic carbocycles. The lowest BCUT2D eigenvalue weighted by atomic mass is 9.88. The summed E-state index contributed by atoms with van der Waals surface area (Å²) in [6.45, 7) is 2.49. The third-order valence-electron chi connectivity index (χ3n) is 3.19. The molecule has 0 fully saturated rings. The second-order valence-electron chi connectivity index (χ2n) is 4.73. The second kappa shape index (κ2) is 6.16. The zero-order chi connectivity index (χ0) is 16.2. The predicted molar refractivity (Wildman–Crippen MR) is 73.0 cm³/mol. The van der Waals surface area contributed by atoms with Crippen LogP contribution in [0.3, 0.4) is 0 Å². The third-order valence-corrected chi connectivity index (χ3v) is 3.19. The number of para-hydroxylation sites is 1. The van der Waals surface area contributed by atoms with Crippen LogP contribution in [0.2, 0.25) is 0 Å². The first-order chi connectivity index (χ1) is 9.74. The molecule has 0 saturated heterocycles. The van der Waals surface area contributed by atoms with E-state index in [1.54, 1.807) is 18.2 Å². The zero-order valence-corrected chi connectivity index (χ0v) is 11.4. The lowest BCUT2D eigenvalue weighted by Gasteiger charge is -2.27. The highest BCUT2D eigenvalue weighted by molar-refractivity contribution is 5.78. The Bertz CT molecular complexity index is 531. The SMILES string of the molecule is CC(C)C([C@H](Nc1ccccc1)C(=O)O)([N+](=O)[O-])[N+](=O)[O-]. The third kappa shape index (κ3) is 2.91. The molecule has 9 nitrogen and oxygen atoms in total. The van der Waals surface area contributed by atoms with Crippen LogP contribution < -0.4 is 5.32 Å². The zero-order valence-electron chi connectivity index (χ0n) is 11.4. The van der Waals surface area contributed by atoms with Crippen LogP contribution in [0.25, 0.3) is 0 Å². The Morgan fingerprint density at radius 1 is 1.19 bits per heavy atom. The van der Waals surface area contributed by atoms with Crippen molar-refractivity contribution in [3.05, 3.63) is 50.6 Å². The van der Waals surface area contributed by atoms with Gasteiger partial charge in [0.1, 0.15) is 9.85 Å². The monoisotopic (exact) mass is 297 g/mol. The molecule has 0 bridgehead atoms. The van der Waals surface area contributed by atoms with Crippen LogP contribution >= 0.6 is 0 Å². The van der Waals surface area contributed by atoms with Crippen molar-refractivity contribution in [3.8, 4) is 0 Å². The maximum Gasteiger partial charge on any atom is 0.490 e. The standard InChI is InChI=1S/C12H15N3O6/c1-8(2)12(14(18)19,15(20)21)10(11(16)17)13-9-6-4-3-5-7-9/h3-8,10,13H,1-2H3,(H,16,17)/t10-/m1/s1. The number of anilines is 1. The van der Waals surface area contributed by atoms with Crippen LogP contribution in [0.1, 0.15) is 13.8 Å². The number of hydrogen-bond donors (Lipinski definition) is 2. The molecular formula is C12H15N3O6. The fraction of sp³-hybridized carbons (Fsp3) is 0.417. The second-order valence-corrected chi connectivity index (χ2v) is 4.73. The molecule has 0 heterocycles. The van der Waals surface area contributed by atoms with Gasteiger partial charge < -0.3 is 10.4 Å². The number of nitrogens with one attached hydrogen (secondary N) is 1. The Morgan fingerprint density at radius 2 is 1.67 bits per heavy atom. The maximum atomic E-state index is 11.4. The van der Waals surface area contributed by atoms with Crippen molar-refractivity contribution in [2.24, 2.45) is 5.92 Å². The Kier molecular flexibility index (Phi) is 4.79. The van der Waals surface area contributed by atoms with Gasteiger partial charge in [0.15, 0.2) is 0 Å². The van der Waals surface area contributed by atoms with Gasteiger partial charge in [-0.3, -0.25) is 20.2 Å². The van der Waals surface area contributed by atoms with Crippen molar-refractivity contribution in [1.29, 1.82) is 0 Å². The highest BCUT2D eigenvalue weighted by Crippen LogP contribution is 2.29. The summed E-state index contributed by atoms with van der Waals surface area (Å²) in [6, 6.07) is 5.76. The number of hydrogen-bond acceptors (Lipinski definition) is 6. The van der Waals surface area contributed by atoms with E-state index in [0.29, 0.717) is 0 Å². The number of nitro groups is 2. The van der Waals surface area contributed by atoms with Gasteiger partial charge in [0, 0.05) is 5.69 Å². The van der Waals surface area contributed by atoms with Gasteiger partial charge in [-0.05, 0) is 26.0 Å². The fourth-order valence-corrected chi connectivity index (χ4v) is 2.08. The Morgan fingerprint density at radius 3 is 2.00 bits per heavy atom. The van der Waals surface area contributed by atoms with Gasteiger partial charge in [0.25, 0.3) is 6.04 Å². The quantitative estimate of drug-likeness (QED) is 0.441. The van der Waals surface area contributed by atoms with E-state index in [1.807, 2.05) is 0 Å². The molecule has 0 unspecified atom stereocenters. The fourth-order valence-electron chi connectivity index (χ4n) is 2.08. The van der Waals surface area contributed by atoms with Crippen molar-refractivity contribution in [2.75, 3.05) is 5.32 Å². The number of nitrogens with zero attached hydrogens (tertiary/aromatic N) is 2. The first kappa shape index (κ1) is 16.3. The molecule has 1 aromatic rings. The Balaban J connectivity index is 3.37. The minimum atomic E-state index is -2.87. The van der Waals surface area contributed by atoms with Gasteiger partial charge in [-0.25, -0.2) is 4.79 Å². The topological polar surface area (TPSA) is 136 Å². The number of aliphatic carboxylic acids is 1. The van der Waals surface area contributed by atoms with E-state index >= 15 is 0 Å². The van der Waals surface area contributed by atoms with Crippen LogP contribution in [0, 0.1) is 26.1 Å². The molecule has 1 aromatic carbocycles. The van der Waals surface area contributed by atoms with E-state index in [4.69, 9.17) is 0 Å². The largest absolute Gasteiger partial charge is 0.490 e. The molecule has 1 atom stereocenters. The summed E-state index contributed by atoms with van der Waals surface area (Å²) in [5.41, 5.74) is -2.62. The smallest absolute Gasteiger partial charge is 0.479 e. The maximum absolute atomic E-state index is 11.4. The van der Waals surface area contributed by atoms with E-state index < -0.39 is 33.4 Å². The molecule has 2 N–H and O–H groups in total. The summed E-state index contributed by atoms with van der Waals surface area (Å²) in [4.78, 5) is 31.7. The summed E-state index contributed by atoms with van der Waals surface area (Å²) in [6.07, 6.45) is 0. The van der Waals surface area contributed by atoms with Crippen molar-refractivity contribution in [2.45, 2.75) is 25.6 Å². The molecule has 0 saturated carbocycles. The first-order valence-electron chi connectivity index (χ1n) is 6.08. The van der Waals surface area contributed by atoms with Gasteiger partial charge in [0.05, 0.1) is 5.92 Å². The molecule has 0 aliphatic rings. The number of carboxylic acid groups (broad SMARTS) is 1. The summed E-state index contributed by atoms with van der Waals surface area (Å²) in [5.74, 6) is -2.80. The molecule has 114 valence electrons. The molecule has 0 radical (unpaired) electrons. The average Bonchev–Trinajstić information content (AvgIpc) is 2.38. The van der Waals surface area contributed by atoms with Crippen molar-refractivity contribution >= 4 is 11.7 Å². The molecule has 0 spiro atoms. The molecule has 21 heavy (non-hydrogen) atoms. The van der Waals surface area contributed by atoms with Crippen molar-refractivity contribution < 1.29 is 19.7 Å². The molecule has 9 heteroatoms. The molecule has 0 amide bonds. The minimum absolute atomic E-state index is 0.249. The highest BCUT2D eigenvalue weighted by atomic mass is 16.7. The molecule has 0 aromatic heterocycles. The summed E-state index contributed by atoms with van der Waals surface area (Å²) in [7, 11) is 0. The van der Waals surface area contributed by atoms with Gasteiger partial charge in [-0.2, -0.15) is 0 Å². The van der Waals surface area contributed by atoms with Crippen LogP contribution in [0.15, 0.2) is 30.3 Å². The highest BCUT2D eigenvalue weighted by Gasteiger charge is 2.68. The Labute approximate surface area is 119 Å². The molecule has 1 rings (SSSR count). The van der Waals surface area contributed by atoms with Crippen LogP contribution in [-0.2, 0) is 4.79 Å². The average molecular weight is 297 g/mol. The van der Waals surface area contributed by atoms with Crippen LogP contribution in [0.4, 0.5) is 5.69 Å². The van der Waals surface area contributed by atoms with Gasteiger partial charge >= 0.3 is 11.6 Å². The van der Waals surface area contributed by atoms with Gasteiger partial charge in [-0.15, -0.1) is 0 Å². The predicted octanol–water partition coefficient (Wildman–Crippen LogP) is 1.46. The normalized spacial score (nSPS) is 12.7. The van der Waals surface area contributed by atoms with E-state index in [9.17, 15) is 30.1 Å².